The third-order valence-electron chi connectivity index (χ3n) is 2.76. The first-order valence-electron chi connectivity index (χ1n) is 4.61. The Morgan fingerprint density at radius 2 is 2.07 bits per heavy atom. The van der Waals surface area contributed by atoms with Crippen LogP contribution in [0.4, 0.5) is 0 Å². The van der Waals surface area contributed by atoms with E-state index >= 15 is 0 Å². The van der Waals surface area contributed by atoms with Crippen LogP contribution in [0.25, 0.3) is 0 Å². The smallest absolute Gasteiger partial charge is 0.154 e. The predicted octanol–water partition coefficient (Wildman–Crippen LogP) is 0.243. The summed E-state index contributed by atoms with van der Waals surface area (Å²) in [5, 5.41) is 4.12. The van der Waals surface area contributed by atoms with Crippen molar-refractivity contribution in [1.82, 2.24) is 9.78 Å². The molecular formula is C9H17N3O2S. The number of hydrogen-bond donors (Lipinski definition) is 1. The summed E-state index contributed by atoms with van der Waals surface area (Å²) >= 11 is 0. The molecule has 1 atom stereocenters. The molecule has 1 unspecified atom stereocenters. The lowest BCUT2D eigenvalue weighted by Gasteiger charge is -2.28. The summed E-state index contributed by atoms with van der Waals surface area (Å²) in [7, 11) is -1.45. The van der Waals surface area contributed by atoms with Crippen LogP contribution in [0.15, 0.2) is 12.3 Å². The summed E-state index contributed by atoms with van der Waals surface area (Å²) in [5.41, 5.74) is 6.51. The largest absolute Gasteiger partial charge is 0.321 e. The fourth-order valence-electron chi connectivity index (χ4n) is 1.19. The van der Waals surface area contributed by atoms with Crippen LogP contribution in [0.3, 0.4) is 0 Å². The highest BCUT2D eigenvalue weighted by Crippen LogP contribution is 2.28. The molecule has 0 fully saturated rings. The van der Waals surface area contributed by atoms with Gasteiger partial charge >= 0.3 is 0 Å². The maximum absolute atomic E-state index is 11.6. The molecule has 5 nitrogen and oxygen atoms in total. The summed E-state index contributed by atoms with van der Waals surface area (Å²) in [6.45, 7) is 3.23. The number of sulfone groups is 1. The molecule has 15 heavy (non-hydrogen) atoms. The Balaban J connectivity index is 3.10. The molecule has 0 saturated carbocycles. The zero-order chi connectivity index (χ0) is 11.9. The minimum atomic E-state index is -3.21. The van der Waals surface area contributed by atoms with Crippen LogP contribution in [-0.2, 0) is 16.9 Å². The first kappa shape index (κ1) is 12.2. The van der Waals surface area contributed by atoms with Crippen molar-refractivity contribution in [1.29, 1.82) is 0 Å². The van der Waals surface area contributed by atoms with Gasteiger partial charge in [0.25, 0.3) is 0 Å². The SMILES string of the molecule is Cn1ccc(C(N)C(C)(C)S(C)(=O)=O)n1. The predicted molar refractivity (Wildman–Crippen MR) is 59.1 cm³/mol. The molecular weight excluding hydrogens is 214 g/mol. The van der Waals surface area contributed by atoms with Gasteiger partial charge in [0.15, 0.2) is 9.84 Å². The first-order chi connectivity index (χ1) is 6.66. The molecule has 0 spiro atoms. The molecule has 86 valence electrons. The van der Waals surface area contributed by atoms with Crippen LogP contribution < -0.4 is 5.73 Å². The van der Waals surface area contributed by atoms with Crippen molar-refractivity contribution in [3.63, 3.8) is 0 Å². The van der Waals surface area contributed by atoms with Gasteiger partial charge in [0.05, 0.1) is 16.5 Å². The van der Waals surface area contributed by atoms with E-state index in [4.69, 9.17) is 5.73 Å². The van der Waals surface area contributed by atoms with Crippen molar-refractivity contribution in [2.24, 2.45) is 12.8 Å². The van der Waals surface area contributed by atoms with Crippen molar-refractivity contribution in [3.8, 4) is 0 Å². The molecule has 1 aromatic heterocycles. The van der Waals surface area contributed by atoms with Crippen molar-refractivity contribution in [2.45, 2.75) is 24.6 Å². The van der Waals surface area contributed by atoms with E-state index in [9.17, 15) is 8.42 Å². The van der Waals surface area contributed by atoms with Crippen LogP contribution in [0.5, 0.6) is 0 Å². The fourth-order valence-corrected chi connectivity index (χ4v) is 1.77. The number of aryl methyl sites for hydroxylation is 1. The third kappa shape index (κ3) is 2.21. The number of rotatable bonds is 3. The second-order valence-electron chi connectivity index (χ2n) is 4.27. The molecule has 0 radical (unpaired) electrons. The molecule has 1 heterocycles. The van der Waals surface area contributed by atoms with Crippen molar-refractivity contribution < 1.29 is 8.42 Å². The van der Waals surface area contributed by atoms with Crippen LogP contribution in [0, 0.1) is 0 Å². The lowest BCUT2D eigenvalue weighted by atomic mass is 10.0. The van der Waals surface area contributed by atoms with E-state index in [1.807, 2.05) is 0 Å². The van der Waals surface area contributed by atoms with Gasteiger partial charge in [-0.15, -0.1) is 0 Å². The van der Waals surface area contributed by atoms with E-state index in [1.165, 1.54) is 6.26 Å². The highest BCUT2D eigenvalue weighted by Gasteiger charge is 2.38. The van der Waals surface area contributed by atoms with Crippen LogP contribution in [0.2, 0.25) is 0 Å². The second-order valence-corrected chi connectivity index (χ2v) is 6.86. The minimum absolute atomic E-state index is 0.591. The third-order valence-corrected chi connectivity index (χ3v) is 4.92. The fraction of sp³-hybridized carbons (Fsp3) is 0.667. The molecule has 6 heteroatoms. The zero-order valence-electron chi connectivity index (χ0n) is 9.43. The van der Waals surface area contributed by atoms with E-state index in [-0.39, 0.29) is 0 Å². The highest BCUT2D eigenvalue weighted by atomic mass is 32.2. The molecule has 0 bridgehead atoms. The summed E-state index contributed by atoms with van der Waals surface area (Å²) in [5.74, 6) is 0. The monoisotopic (exact) mass is 231 g/mol. The first-order valence-corrected chi connectivity index (χ1v) is 6.50. The van der Waals surface area contributed by atoms with Gasteiger partial charge in [-0.05, 0) is 19.9 Å². The maximum Gasteiger partial charge on any atom is 0.154 e. The highest BCUT2D eigenvalue weighted by molar-refractivity contribution is 7.92. The van der Waals surface area contributed by atoms with Crippen LogP contribution >= 0.6 is 0 Å². The Morgan fingerprint density at radius 3 is 2.40 bits per heavy atom. The van der Waals surface area contributed by atoms with Gasteiger partial charge in [-0.25, -0.2) is 8.42 Å². The average Bonchev–Trinajstić information content (AvgIpc) is 2.48. The van der Waals surface area contributed by atoms with Crippen molar-refractivity contribution in [3.05, 3.63) is 18.0 Å². The van der Waals surface area contributed by atoms with Gasteiger partial charge in [-0.1, -0.05) is 0 Å². The molecule has 0 aliphatic carbocycles. The Bertz CT molecular complexity index is 448. The van der Waals surface area contributed by atoms with Crippen LogP contribution in [0.1, 0.15) is 25.6 Å². The topological polar surface area (TPSA) is 78.0 Å². The zero-order valence-corrected chi connectivity index (χ0v) is 10.2. The lowest BCUT2D eigenvalue weighted by molar-refractivity contribution is 0.486. The van der Waals surface area contributed by atoms with Crippen LogP contribution in [-0.4, -0.2) is 29.2 Å². The van der Waals surface area contributed by atoms with Gasteiger partial charge in [-0.2, -0.15) is 5.10 Å². The van der Waals surface area contributed by atoms with Crippen molar-refractivity contribution in [2.75, 3.05) is 6.26 Å². The Labute approximate surface area is 90.2 Å². The van der Waals surface area contributed by atoms with Gasteiger partial charge in [-0.3, -0.25) is 4.68 Å². The molecule has 1 aromatic rings. The number of nitrogens with two attached hydrogens (primary N) is 1. The van der Waals surface area contributed by atoms with Gasteiger partial charge in [0.1, 0.15) is 0 Å². The van der Waals surface area contributed by atoms with E-state index in [2.05, 4.69) is 5.10 Å². The summed E-state index contributed by atoms with van der Waals surface area (Å²) < 4.78 is 23.7. The standard InChI is InChI=1S/C9H17N3O2S/c1-9(2,15(4,13)14)8(10)7-5-6-12(3)11-7/h5-6,8H,10H2,1-4H3. The van der Waals surface area contributed by atoms with E-state index in [0.717, 1.165) is 0 Å². The lowest BCUT2D eigenvalue weighted by Crippen LogP contribution is -2.42. The molecule has 0 aliphatic heterocycles. The average molecular weight is 231 g/mol. The van der Waals surface area contributed by atoms with E-state index in [0.29, 0.717) is 5.69 Å². The number of hydrogen-bond acceptors (Lipinski definition) is 4. The van der Waals surface area contributed by atoms with Gasteiger partial charge < -0.3 is 5.73 Å². The van der Waals surface area contributed by atoms with Gasteiger partial charge in [0, 0.05) is 19.5 Å². The Kier molecular flexibility index (Phi) is 2.93. The molecule has 1 rings (SSSR count). The molecule has 0 aliphatic rings. The quantitative estimate of drug-likeness (QED) is 0.808. The molecule has 2 N–H and O–H groups in total. The Morgan fingerprint density at radius 1 is 1.53 bits per heavy atom. The molecule has 0 amide bonds. The molecule has 0 saturated heterocycles. The minimum Gasteiger partial charge on any atom is -0.321 e. The summed E-state index contributed by atoms with van der Waals surface area (Å²) in [6, 6.07) is 1.12. The van der Waals surface area contributed by atoms with Crippen molar-refractivity contribution >= 4 is 9.84 Å². The van der Waals surface area contributed by atoms with E-state index in [1.54, 1.807) is 37.8 Å². The summed E-state index contributed by atoms with van der Waals surface area (Å²) in [4.78, 5) is 0. The number of aromatic nitrogens is 2. The summed E-state index contributed by atoms with van der Waals surface area (Å²) in [6.07, 6.45) is 2.93. The maximum atomic E-state index is 11.6. The normalized spacial score (nSPS) is 15.3. The Hall–Kier alpha value is -0.880. The number of nitrogens with zero attached hydrogens (tertiary/aromatic N) is 2. The van der Waals surface area contributed by atoms with Gasteiger partial charge in [0.2, 0.25) is 0 Å². The molecule has 0 aromatic carbocycles. The van der Waals surface area contributed by atoms with E-state index < -0.39 is 20.6 Å². The second kappa shape index (κ2) is 3.61.